The van der Waals surface area contributed by atoms with E-state index < -0.39 is 47.1 Å². The number of H-pyrrole nitrogens is 1. The first-order valence-corrected chi connectivity index (χ1v) is 12.2. The molecule has 0 saturated heterocycles. The Morgan fingerprint density at radius 1 is 1.18 bits per heavy atom. The van der Waals surface area contributed by atoms with E-state index >= 15 is 0 Å². The van der Waals surface area contributed by atoms with E-state index in [1.807, 2.05) is 0 Å². The number of aromatic nitrogens is 2. The van der Waals surface area contributed by atoms with Gasteiger partial charge in [-0.05, 0) is 55.5 Å². The fourth-order valence-electron chi connectivity index (χ4n) is 4.46. The molecular formula is C27H21ClF4N4O4. The van der Waals surface area contributed by atoms with Gasteiger partial charge in [0.1, 0.15) is 35.0 Å². The highest BCUT2D eigenvalue weighted by atomic mass is 35.5. The summed E-state index contributed by atoms with van der Waals surface area (Å²) in [6, 6.07) is 11.7. The van der Waals surface area contributed by atoms with Crippen LogP contribution in [0, 0.1) is 5.82 Å². The molecule has 2 aromatic carbocycles. The van der Waals surface area contributed by atoms with Crippen molar-refractivity contribution >= 4 is 34.3 Å². The number of amides is 2. The number of fused-ring (bicyclic) bond motifs is 2. The molecule has 1 aliphatic rings. The van der Waals surface area contributed by atoms with E-state index in [2.05, 4.69) is 15.3 Å². The number of carbonyl (C=O) groups excluding carboxylic acids is 2. The Balaban J connectivity index is 1.58. The van der Waals surface area contributed by atoms with E-state index in [9.17, 15) is 32.3 Å². The molecule has 2 amide bonds. The summed E-state index contributed by atoms with van der Waals surface area (Å²) in [7, 11) is 0. The monoisotopic (exact) mass is 576 g/mol. The maximum atomic E-state index is 14.5. The van der Waals surface area contributed by atoms with E-state index in [1.54, 1.807) is 18.2 Å². The average molecular weight is 577 g/mol. The zero-order valence-corrected chi connectivity index (χ0v) is 21.5. The molecular weight excluding hydrogens is 556 g/mol. The van der Waals surface area contributed by atoms with Gasteiger partial charge in [-0.1, -0.05) is 17.7 Å². The Morgan fingerprint density at radius 3 is 2.52 bits per heavy atom. The second-order valence-corrected chi connectivity index (χ2v) is 10.1. The third kappa shape index (κ3) is 4.52. The molecule has 0 aliphatic carbocycles. The van der Waals surface area contributed by atoms with Crippen LogP contribution in [0.1, 0.15) is 28.7 Å². The molecule has 13 heteroatoms. The second kappa shape index (κ2) is 9.49. The topological polar surface area (TPSA) is 130 Å². The molecule has 8 nitrogen and oxygen atoms in total. The first-order valence-electron chi connectivity index (χ1n) is 11.8. The van der Waals surface area contributed by atoms with Crippen molar-refractivity contribution in [1.29, 1.82) is 0 Å². The van der Waals surface area contributed by atoms with E-state index in [0.717, 1.165) is 18.2 Å². The molecule has 40 heavy (non-hydrogen) atoms. The van der Waals surface area contributed by atoms with Crippen LogP contribution < -0.4 is 15.8 Å². The van der Waals surface area contributed by atoms with Gasteiger partial charge in [0, 0.05) is 27.1 Å². The minimum absolute atomic E-state index is 0.0260. The Hall–Kier alpha value is -4.16. The smallest absolute Gasteiger partial charge is 0.424 e. The van der Waals surface area contributed by atoms with E-state index in [0.29, 0.717) is 15.9 Å². The van der Waals surface area contributed by atoms with Gasteiger partial charge in [0.05, 0.1) is 12.2 Å². The Morgan fingerprint density at radius 2 is 1.88 bits per heavy atom. The van der Waals surface area contributed by atoms with E-state index in [-0.39, 0.29) is 34.9 Å². The van der Waals surface area contributed by atoms with Crippen LogP contribution in [0.2, 0.25) is 5.02 Å². The van der Waals surface area contributed by atoms with Crippen molar-refractivity contribution in [2.75, 3.05) is 13.2 Å². The molecule has 1 aliphatic heterocycles. The van der Waals surface area contributed by atoms with Crippen molar-refractivity contribution in [2.45, 2.75) is 24.1 Å². The van der Waals surface area contributed by atoms with Crippen LogP contribution in [0.3, 0.4) is 0 Å². The third-order valence-electron chi connectivity index (χ3n) is 6.96. The standard InChI is InChI=1S/C27H21ClF4N4O4/c1-25(24(33)38)12-40-22-17(25)10-20(36-21(22)13-3-6-16(29)7-4-13)26(39,27(30,31)32)11-34-23(37)19-8-14-2-5-15(28)9-18(14)35-19/h2-10,35,39H,11-12H2,1H3,(H2,33,38)(H,34,37)/t25-,26?/m0/s1. The molecule has 208 valence electrons. The van der Waals surface area contributed by atoms with Crippen molar-refractivity contribution < 1.29 is 37.0 Å². The second-order valence-electron chi connectivity index (χ2n) is 9.68. The zero-order valence-electron chi connectivity index (χ0n) is 20.7. The molecule has 0 saturated carbocycles. The van der Waals surface area contributed by atoms with Crippen LogP contribution in [0.25, 0.3) is 22.2 Å². The summed E-state index contributed by atoms with van der Waals surface area (Å²) in [5.41, 5.74) is -0.231. The maximum absolute atomic E-state index is 14.5. The maximum Gasteiger partial charge on any atom is 0.424 e. The molecule has 0 radical (unpaired) electrons. The van der Waals surface area contributed by atoms with Crippen LogP contribution in [0.4, 0.5) is 17.6 Å². The van der Waals surface area contributed by atoms with Crippen molar-refractivity contribution in [3.63, 3.8) is 0 Å². The Kier molecular flexibility index (Phi) is 6.50. The molecule has 3 heterocycles. The van der Waals surface area contributed by atoms with Gasteiger partial charge in [-0.25, -0.2) is 9.37 Å². The van der Waals surface area contributed by atoms with Crippen LogP contribution in [-0.4, -0.2) is 46.2 Å². The highest BCUT2D eigenvalue weighted by Crippen LogP contribution is 2.47. The van der Waals surface area contributed by atoms with Gasteiger partial charge in [0.2, 0.25) is 11.5 Å². The number of nitrogens with two attached hydrogens (primary N) is 1. The number of hydrogen-bond acceptors (Lipinski definition) is 5. The number of halogens is 5. The van der Waals surface area contributed by atoms with Gasteiger partial charge in [-0.2, -0.15) is 13.2 Å². The summed E-state index contributed by atoms with van der Waals surface area (Å²) in [5.74, 6) is -2.44. The lowest BCUT2D eigenvalue weighted by atomic mass is 9.81. The summed E-state index contributed by atoms with van der Waals surface area (Å²) in [4.78, 5) is 32.0. The fraction of sp³-hybridized carbons (Fsp3) is 0.222. The number of carbonyl (C=O) groups is 2. The van der Waals surface area contributed by atoms with E-state index in [1.165, 1.54) is 25.1 Å². The van der Waals surface area contributed by atoms with Crippen molar-refractivity contribution in [3.8, 4) is 17.0 Å². The molecule has 4 aromatic rings. The molecule has 0 spiro atoms. The summed E-state index contributed by atoms with van der Waals surface area (Å²) in [6.45, 7) is -0.229. The van der Waals surface area contributed by atoms with Crippen LogP contribution >= 0.6 is 11.6 Å². The SMILES string of the molecule is C[C@]1(C(N)=O)COc2c1cc(C(O)(CNC(=O)c1cc3ccc(Cl)cc3[nH]1)C(F)(F)F)nc2-c1ccc(F)cc1. The summed E-state index contributed by atoms with van der Waals surface area (Å²) in [6.07, 6.45) is -5.34. The van der Waals surface area contributed by atoms with Crippen molar-refractivity contribution in [2.24, 2.45) is 5.73 Å². The van der Waals surface area contributed by atoms with Gasteiger partial charge in [-0.15, -0.1) is 0 Å². The summed E-state index contributed by atoms with van der Waals surface area (Å²) >= 11 is 5.95. The number of nitrogens with zero attached hydrogens (tertiary/aromatic N) is 1. The average Bonchev–Trinajstić information content (AvgIpc) is 3.48. The molecule has 0 fully saturated rings. The first-order chi connectivity index (χ1) is 18.7. The van der Waals surface area contributed by atoms with Crippen molar-refractivity contribution in [1.82, 2.24) is 15.3 Å². The molecule has 5 rings (SSSR count). The molecule has 0 bridgehead atoms. The molecule has 2 aromatic heterocycles. The predicted octanol–water partition coefficient (Wildman–Crippen LogP) is 4.34. The number of ether oxygens (including phenoxy) is 1. The lowest BCUT2D eigenvalue weighted by molar-refractivity contribution is -0.265. The largest absolute Gasteiger partial charge is 0.489 e. The van der Waals surface area contributed by atoms with E-state index in [4.69, 9.17) is 22.1 Å². The van der Waals surface area contributed by atoms with Gasteiger partial charge >= 0.3 is 6.18 Å². The van der Waals surface area contributed by atoms with Crippen LogP contribution in [0.15, 0.2) is 54.6 Å². The zero-order chi connectivity index (χ0) is 29.0. The van der Waals surface area contributed by atoms with Gasteiger partial charge in [-0.3, -0.25) is 9.59 Å². The normalized spacial score (nSPS) is 18.2. The number of nitrogens with one attached hydrogen (secondary N) is 2. The number of aromatic amines is 1. The summed E-state index contributed by atoms with van der Waals surface area (Å²) in [5, 5.41) is 14.2. The first kappa shape index (κ1) is 27.4. The lowest BCUT2D eigenvalue weighted by Crippen LogP contribution is -2.52. The highest BCUT2D eigenvalue weighted by Gasteiger charge is 2.57. The Labute approximate surface area is 229 Å². The number of aliphatic hydroxyl groups is 1. The number of benzene rings is 2. The number of alkyl halides is 3. The van der Waals surface area contributed by atoms with Gasteiger partial charge in [0.15, 0.2) is 0 Å². The van der Waals surface area contributed by atoms with Crippen LogP contribution in [0.5, 0.6) is 5.75 Å². The number of rotatable bonds is 6. The number of primary amides is 1. The Bertz CT molecular complexity index is 1660. The summed E-state index contributed by atoms with van der Waals surface area (Å²) < 4.78 is 62.7. The third-order valence-corrected chi connectivity index (χ3v) is 7.20. The van der Waals surface area contributed by atoms with Crippen LogP contribution in [-0.2, 0) is 15.8 Å². The highest BCUT2D eigenvalue weighted by molar-refractivity contribution is 6.31. The quantitative estimate of drug-likeness (QED) is 0.254. The molecule has 1 unspecified atom stereocenters. The minimum Gasteiger partial charge on any atom is -0.489 e. The number of pyridine rings is 1. The van der Waals surface area contributed by atoms with Crippen molar-refractivity contribution in [3.05, 3.63) is 82.4 Å². The number of hydrogen-bond donors (Lipinski definition) is 4. The lowest BCUT2D eigenvalue weighted by Gasteiger charge is -2.31. The fourth-order valence-corrected chi connectivity index (χ4v) is 4.64. The molecule has 2 atom stereocenters. The van der Waals surface area contributed by atoms with Gasteiger partial charge in [0.25, 0.3) is 5.91 Å². The molecule has 5 N–H and O–H groups in total. The minimum atomic E-state index is -5.34. The van der Waals surface area contributed by atoms with Gasteiger partial charge < -0.3 is 25.9 Å². The predicted molar refractivity (Wildman–Crippen MR) is 137 cm³/mol.